The largest absolute Gasteiger partial charge is 0.392 e. The molecule has 1 fully saturated rings. The molecule has 2 aromatic carbocycles. The summed E-state index contributed by atoms with van der Waals surface area (Å²) in [6.07, 6.45) is 9.77. The van der Waals surface area contributed by atoms with E-state index in [1.807, 2.05) is 74.1 Å². The van der Waals surface area contributed by atoms with Gasteiger partial charge >= 0.3 is 0 Å². The summed E-state index contributed by atoms with van der Waals surface area (Å²) in [7, 11) is 2.16. The number of amides is 1. The van der Waals surface area contributed by atoms with Crippen LogP contribution in [0.1, 0.15) is 72.1 Å². The highest BCUT2D eigenvalue weighted by atomic mass is 19.1. The van der Waals surface area contributed by atoms with E-state index in [9.17, 15) is 9.90 Å². The molecule has 10 heteroatoms. The molecular weight excluding hydrogens is 593 g/mol. The molecule has 2 aliphatic rings. The molecule has 7 rings (SSSR count). The molecule has 2 aliphatic heterocycles. The quantitative estimate of drug-likeness (QED) is 0.195. The standard InChI is InChI=1S/C37H40FN7O2/c1-37(2,3)27-16-25-20-41-45(36(47)34(25)30(38)18-27)32-7-5-6-28(29(32)22-46)26-17-31(35-39-12-15-44(35)21-26)42-33-9-8-24(19-40-33)23-10-13-43(4)14-11-23/h5-9,12,15-19,21,23,41,46H,10-11,13-14,20,22H2,1-4H3,(H,40,42). The van der Waals surface area contributed by atoms with E-state index in [0.29, 0.717) is 28.6 Å². The molecule has 0 atom stereocenters. The summed E-state index contributed by atoms with van der Waals surface area (Å²) in [6, 6.07) is 15.0. The number of imidazole rings is 1. The number of carbonyl (C=O) groups excluding carboxylic acids is 1. The SMILES string of the molecule is CN1CCC(c2ccc(Nc3cc(-c4cccc(N5NCc6cc(C(C)(C)C)cc(F)c6C5=O)c4CO)cn4ccnc34)nc2)CC1. The van der Waals surface area contributed by atoms with Crippen molar-refractivity contribution in [2.45, 2.75) is 58.1 Å². The number of rotatable bonds is 6. The monoisotopic (exact) mass is 633 g/mol. The fraction of sp³-hybridized carbons (Fsp3) is 0.324. The summed E-state index contributed by atoms with van der Waals surface area (Å²) in [5.74, 6) is 0.183. The number of aliphatic hydroxyl groups excluding tert-OH is 1. The smallest absolute Gasteiger partial charge is 0.275 e. The fourth-order valence-corrected chi connectivity index (χ4v) is 6.71. The number of nitrogens with zero attached hydrogens (tertiary/aromatic N) is 5. The van der Waals surface area contributed by atoms with E-state index in [1.54, 1.807) is 12.3 Å². The molecule has 47 heavy (non-hydrogen) atoms. The van der Waals surface area contributed by atoms with Crippen molar-refractivity contribution in [3.8, 4) is 11.1 Å². The number of benzene rings is 2. The maximum atomic E-state index is 15.5. The Morgan fingerprint density at radius 3 is 2.62 bits per heavy atom. The Morgan fingerprint density at radius 2 is 1.89 bits per heavy atom. The molecule has 0 saturated carbocycles. The van der Waals surface area contributed by atoms with Crippen molar-refractivity contribution in [1.29, 1.82) is 0 Å². The van der Waals surface area contributed by atoms with Gasteiger partial charge in [-0.05, 0) is 90.8 Å². The second-order valence-electron chi connectivity index (χ2n) is 13.7. The Kier molecular flexibility index (Phi) is 8.03. The van der Waals surface area contributed by atoms with Crippen LogP contribution in [0.2, 0.25) is 0 Å². The van der Waals surface area contributed by atoms with Crippen LogP contribution in [-0.4, -0.2) is 50.4 Å². The number of halogens is 1. The van der Waals surface area contributed by atoms with Gasteiger partial charge < -0.3 is 19.7 Å². The third kappa shape index (κ3) is 5.88. The lowest BCUT2D eigenvalue weighted by Crippen LogP contribution is -2.48. The third-order valence-electron chi connectivity index (χ3n) is 9.47. The highest BCUT2D eigenvalue weighted by Gasteiger charge is 2.32. The molecular formula is C37H40FN7O2. The van der Waals surface area contributed by atoms with Gasteiger partial charge in [0.1, 0.15) is 11.6 Å². The Hall–Kier alpha value is -4.64. The number of hydrogen-bond donors (Lipinski definition) is 3. The molecule has 0 aliphatic carbocycles. The van der Waals surface area contributed by atoms with Gasteiger partial charge in [-0.3, -0.25) is 4.79 Å². The first-order valence-electron chi connectivity index (χ1n) is 16.1. The van der Waals surface area contributed by atoms with E-state index in [4.69, 9.17) is 4.98 Å². The van der Waals surface area contributed by atoms with Crippen LogP contribution in [0.5, 0.6) is 0 Å². The van der Waals surface area contributed by atoms with Crippen LogP contribution in [0.4, 0.5) is 21.6 Å². The number of hydrazine groups is 1. The molecule has 0 radical (unpaired) electrons. The van der Waals surface area contributed by atoms with Crippen LogP contribution in [0.25, 0.3) is 16.8 Å². The average Bonchev–Trinajstić information content (AvgIpc) is 3.54. The Morgan fingerprint density at radius 1 is 1.09 bits per heavy atom. The zero-order valence-corrected chi connectivity index (χ0v) is 27.2. The predicted octanol–water partition coefficient (Wildman–Crippen LogP) is 6.54. The molecule has 0 unspecified atom stereocenters. The van der Waals surface area contributed by atoms with Crippen LogP contribution in [0.15, 0.2) is 73.3 Å². The maximum absolute atomic E-state index is 15.5. The Bertz CT molecular complexity index is 1960. The van der Waals surface area contributed by atoms with Crippen LogP contribution in [0.3, 0.4) is 0 Å². The number of anilines is 3. The van der Waals surface area contributed by atoms with Crippen molar-refractivity contribution < 1.29 is 14.3 Å². The van der Waals surface area contributed by atoms with Crippen LogP contribution < -0.4 is 15.8 Å². The first-order valence-corrected chi connectivity index (χ1v) is 16.1. The van der Waals surface area contributed by atoms with Crippen molar-refractivity contribution in [3.05, 3.63) is 107 Å². The Balaban J connectivity index is 1.21. The minimum atomic E-state index is -0.542. The van der Waals surface area contributed by atoms with Gasteiger partial charge in [0.15, 0.2) is 5.65 Å². The van der Waals surface area contributed by atoms with E-state index < -0.39 is 11.7 Å². The summed E-state index contributed by atoms with van der Waals surface area (Å²) in [6.45, 7) is 8.18. The number of carbonyl (C=O) groups is 1. The van der Waals surface area contributed by atoms with Crippen LogP contribution in [0, 0.1) is 5.82 Å². The molecule has 3 N–H and O–H groups in total. The summed E-state index contributed by atoms with van der Waals surface area (Å²) >= 11 is 0. The van der Waals surface area contributed by atoms with Crippen molar-refractivity contribution in [2.24, 2.45) is 0 Å². The van der Waals surface area contributed by atoms with Gasteiger partial charge in [-0.1, -0.05) is 45.0 Å². The zero-order chi connectivity index (χ0) is 32.9. The lowest BCUT2D eigenvalue weighted by Gasteiger charge is -2.32. The summed E-state index contributed by atoms with van der Waals surface area (Å²) in [5, 5.41) is 15.5. The maximum Gasteiger partial charge on any atom is 0.275 e. The van der Waals surface area contributed by atoms with Gasteiger partial charge in [-0.2, -0.15) is 0 Å². The van der Waals surface area contributed by atoms with E-state index >= 15 is 4.39 Å². The van der Waals surface area contributed by atoms with Crippen molar-refractivity contribution in [3.63, 3.8) is 0 Å². The molecule has 0 bridgehead atoms. The van der Waals surface area contributed by atoms with Crippen molar-refractivity contribution in [2.75, 3.05) is 30.5 Å². The molecule has 242 valence electrons. The van der Waals surface area contributed by atoms with Crippen LogP contribution in [-0.2, 0) is 18.6 Å². The van der Waals surface area contributed by atoms with Gasteiger partial charge in [-0.15, -0.1) is 0 Å². The number of nitrogens with one attached hydrogen (secondary N) is 2. The molecule has 5 heterocycles. The topological polar surface area (TPSA) is 98.0 Å². The molecule has 3 aromatic heterocycles. The predicted molar refractivity (Wildman–Crippen MR) is 182 cm³/mol. The van der Waals surface area contributed by atoms with Gasteiger partial charge in [0.05, 0.1) is 23.5 Å². The Labute approximate surface area is 274 Å². The number of hydrogen-bond acceptors (Lipinski definition) is 7. The first kappa shape index (κ1) is 31.0. The third-order valence-corrected chi connectivity index (χ3v) is 9.47. The number of piperidine rings is 1. The van der Waals surface area contributed by atoms with Gasteiger partial charge in [0.25, 0.3) is 5.91 Å². The normalized spacial score (nSPS) is 16.1. The van der Waals surface area contributed by atoms with Gasteiger partial charge in [-0.25, -0.2) is 24.8 Å². The van der Waals surface area contributed by atoms with E-state index in [1.165, 1.54) is 16.6 Å². The van der Waals surface area contributed by atoms with Crippen LogP contribution >= 0.6 is 0 Å². The minimum Gasteiger partial charge on any atom is -0.392 e. The highest BCUT2D eigenvalue weighted by Crippen LogP contribution is 2.37. The fourth-order valence-electron chi connectivity index (χ4n) is 6.71. The minimum absolute atomic E-state index is 0.0479. The zero-order valence-electron chi connectivity index (χ0n) is 27.2. The number of fused-ring (bicyclic) bond motifs is 2. The second-order valence-corrected chi connectivity index (χ2v) is 13.7. The average molecular weight is 634 g/mol. The van der Waals surface area contributed by atoms with E-state index in [-0.39, 0.29) is 24.1 Å². The lowest BCUT2D eigenvalue weighted by molar-refractivity contribution is 0.0958. The van der Waals surface area contributed by atoms with E-state index in [2.05, 4.69) is 33.7 Å². The molecule has 1 amide bonds. The molecule has 1 saturated heterocycles. The highest BCUT2D eigenvalue weighted by molar-refractivity contribution is 6.08. The number of pyridine rings is 2. The molecule has 9 nitrogen and oxygen atoms in total. The summed E-state index contributed by atoms with van der Waals surface area (Å²) in [4.78, 5) is 25.4. The number of aromatic nitrogens is 3. The number of aliphatic hydroxyl groups is 1. The van der Waals surface area contributed by atoms with Gasteiger partial charge in [0.2, 0.25) is 0 Å². The second kappa shape index (κ2) is 12.2. The number of likely N-dealkylation sites (tertiary alicyclic amines) is 1. The first-order chi connectivity index (χ1) is 22.6. The molecule has 0 spiro atoms. The summed E-state index contributed by atoms with van der Waals surface area (Å²) in [5.41, 5.74) is 9.68. The van der Waals surface area contributed by atoms with Crippen molar-refractivity contribution >= 4 is 28.7 Å². The van der Waals surface area contributed by atoms with Gasteiger partial charge in [0, 0.05) is 42.5 Å². The van der Waals surface area contributed by atoms with E-state index in [0.717, 1.165) is 54.0 Å². The van der Waals surface area contributed by atoms with Crippen molar-refractivity contribution in [1.82, 2.24) is 24.7 Å². The lowest BCUT2D eigenvalue weighted by atomic mass is 9.84. The molecule has 5 aromatic rings. The summed E-state index contributed by atoms with van der Waals surface area (Å²) < 4.78 is 17.4.